The molecule has 2 aromatic heterocycles. The summed E-state index contributed by atoms with van der Waals surface area (Å²) in [6, 6.07) is 8.64. The Morgan fingerprint density at radius 1 is 1.30 bits per heavy atom. The number of hydrogen-bond acceptors (Lipinski definition) is 2. The molecule has 1 aliphatic rings. The summed E-state index contributed by atoms with van der Waals surface area (Å²) in [5, 5.41) is 4.32. The highest BCUT2D eigenvalue weighted by Crippen LogP contribution is 2.40. The van der Waals surface area contributed by atoms with Crippen molar-refractivity contribution in [2.75, 3.05) is 6.54 Å². The average molecular weight is 328 g/mol. The van der Waals surface area contributed by atoms with Gasteiger partial charge in [-0.15, -0.1) is 0 Å². The van der Waals surface area contributed by atoms with Gasteiger partial charge in [-0.25, -0.2) is 0 Å². The van der Waals surface area contributed by atoms with E-state index in [0.717, 1.165) is 23.8 Å². The largest absolute Gasteiger partial charge is 0.352 e. The molecule has 4 nitrogen and oxygen atoms in total. The van der Waals surface area contributed by atoms with E-state index in [4.69, 9.17) is 12.2 Å². The van der Waals surface area contributed by atoms with E-state index in [1.807, 2.05) is 18.3 Å². The molecule has 0 spiro atoms. The molecule has 0 amide bonds. The van der Waals surface area contributed by atoms with Gasteiger partial charge in [0, 0.05) is 31.2 Å². The zero-order chi connectivity index (χ0) is 16.6. The molecule has 122 valence electrons. The molecule has 0 aromatic carbocycles. The van der Waals surface area contributed by atoms with Crippen molar-refractivity contribution in [1.29, 1.82) is 0 Å². The van der Waals surface area contributed by atoms with Crippen LogP contribution in [0.2, 0.25) is 0 Å². The molecule has 5 heteroatoms. The molecule has 0 bridgehead atoms. The molecule has 3 rings (SSSR count). The highest BCUT2D eigenvalue weighted by molar-refractivity contribution is 7.80. The third-order valence-electron chi connectivity index (χ3n) is 4.80. The zero-order valence-corrected chi connectivity index (χ0v) is 15.0. The second-order valence-corrected chi connectivity index (χ2v) is 6.59. The van der Waals surface area contributed by atoms with Crippen molar-refractivity contribution < 1.29 is 0 Å². The lowest BCUT2D eigenvalue weighted by atomic mass is 9.96. The third-order valence-corrected chi connectivity index (χ3v) is 5.15. The smallest absolute Gasteiger partial charge is 0.170 e. The lowest BCUT2D eigenvalue weighted by molar-refractivity contribution is 0.316. The lowest BCUT2D eigenvalue weighted by Gasteiger charge is -2.27. The van der Waals surface area contributed by atoms with Crippen molar-refractivity contribution in [3.05, 3.63) is 53.1 Å². The van der Waals surface area contributed by atoms with E-state index < -0.39 is 0 Å². The van der Waals surface area contributed by atoms with Crippen molar-refractivity contribution in [3.63, 3.8) is 0 Å². The summed E-state index contributed by atoms with van der Waals surface area (Å²) in [6.45, 7) is 7.48. The molecule has 3 heterocycles. The Kier molecular flexibility index (Phi) is 4.39. The molecular formula is C18H24N4S. The van der Waals surface area contributed by atoms with Crippen molar-refractivity contribution in [2.24, 2.45) is 7.05 Å². The predicted molar refractivity (Wildman–Crippen MR) is 97.3 cm³/mol. The van der Waals surface area contributed by atoms with Crippen LogP contribution in [0, 0.1) is 13.8 Å². The van der Waals surface area contributed by atoms with E-state index in [1.54, 1.807) is 0 Å². The standard InChI is InChI=1S/C18H24N4S/c1-5-10-22-17(14-11-12(2)21(4)13(14)3)16(20-18(22)23)15-8-6-7-9-19-15/h6-9,11,16-17H,5,10H2,1-4H3,(H,20,23)/t16-,17-/m0/s1. The minimum absolute atomic E-state index is 0.0933. The molecule has 1 N–H and O–H groups in total. The van der Waals surface area contributed by atoms with Gasteiger partial charge in [-0.1, -0.05) is 13.0 Å². The Hall–Kier alpha value is -1.88. The normalized spacial score (nSPS) is 20.9. The number of hydrogen-bond donors (Lipinski definition) is 1. The maximum atomic E-state index is 5.62. The highest BCUT2D eigenvalue weighted by atomic mass is 32.1. The van der Waals surface area contributed by atoms with E-state index in [0.29, 0.717) is 0 Å². The van der Waals surface area contributed by atoms with Crippen LogP contribution in [-0.2, 0) is 7.05 Å². The molecule has 0 aliphatic carbocycles. The minimum atomic E-state index is 0.0933. The van der Waals surface area contributed by atoms with Crippen LogP contribution in [0.4, 0.5) is 0 Å². The van der Waals surface area contributed by atoms with Crippen LogP contribution in [0.3, 0.4) is 0 Å². The Bertz CT molecular complexity index is 707. The lowest BCUT2D eigenvalue weighted by Crippen LogP contribution is -2.30. The average Bonchev–Trinajstić information content (AvgIpc) is 3.01. The summed E-state index contributed by atoms with van der Waals surface area (Å²) < 4.78 is 2.25. The molecular weight excluding hydrogens is 304 g/mol. The second kappa shape index (κ2) is 6.32. The predicted octanol–water partition coefficient (Wildman–Crippen LogP) is 3.42. The van der Waals surface area contributed by atoms with Gasteiger partial charge in [0.2, 0.25) is 0 Å². The van der Waals surface area contributed by atoms with E-state index in [2.05, 4.69) is 59.7 Å². The first-order valence-electron chi connectivity index (χ1n) is 8.15. The number of pyridine rings is 1. The topological polar surface area (TPSA) is 33.1 Å². The van der Waals surface area contributed by atoms with Gasteiger partial charge >= 0.3 is 0 Å². The fraction of sp³-hybridized carbons (Fsp3) is 0.444. The summed E-state index contributed by atoms with van der Waals surface area (Å²) >= 11 is 5.62. The monoisotopic (exact) mass is 328 g/mol. The Labute approximate surface area is 143 Å². The third kappa shape index (κ3) is 2.74. The van der Waals surface area contributed by atoms with Crippen LogP contribution in [0.1, 0.15) is 48.1 Å². The van der Waals surface area contributed by atoms with E-state index in [1.165, 1.54) is 17.0 Å². The van der Waals surface area contributed by atoms with E-state index >= 15 is 0 Å². The molecule has 1 aliphatic heterocycles. The number of rotatable bonds is 4. The van der Waals surface area contributed by atoms with Gasteiger partial charge in [0.15, 0.2) is 5.11 Å². The van der Waals surface area contributed by atoms with Crippen LogP contribution in [0.15, 0.2) is 30.5 Å². The van der Waals surface area contributed by atoms with Crippen molar-refractivity contribution in [1.82, 2.24) is 19.8 Å². The first kappa shape index (κ1) is 16.0. The molecule has 0 saturated carbocycles. The number of nitrogens with zero attached hydrogens (tertiary/aromatic N) is 3. The van der Waals surface area contributed by atoms with Crippen LogP contribution >= 0.6 is 12.2 Å². The summed E-state index contributed by atoms with van der Waals surface area (Å²) in [5.74, 6) is 0. The molecule has 0 radical (unpaired) electrons. The first-order chi connectivity index (χ1) is 11.0. The van der Waals surface area contributed by atoms with E-state index in [9.17, 15) is 0 Å². The molecule has 2 atom stereocenters. The highest BCUT2D eigenvalue weighted by Gasteiger charge is 2.40. The van der Waals surface area contributed by atoms with Crippen molar-refractivity contribution in [3.8, 4) is 0 Å². The summed E-state index contributed by atoms with van der Waals surface area (Å²) in [5.41, 5.74) is 4.94. The van der Waals surface area contributed by atoms with Crippen LogP contribution < -0.4 is 5.32 Å². The summed E-state index contributed by atoms with van der Waals surface area (Å²) in [6.07, 6.45) is 2.92. The molecule has 0 unspecified atom stereocenters. The number of nitrogens with one attached hydrogen (secondary N) is 1. The van der Waals surface area contributed by atoms with Gasteiger partial charge in [0.25, 0.3) is 0 Å². The molecule has 1 fully saturated rings. The van der Waals surface area contributed by atoms with Crippen molar-refractivity contribution in [2.45, 2.75) is 39.3 Å². The van der Waals surface area contributed by atoms with Gasteiger partial charge in [-0.2, -0.15) is 0 Å². The van der Waals surface area contributed by atoms with Gasteiger partial charge < -0.3 is 14.8 Å². The second-order valence-electron chi connectivity index (χ2n) is 6.21. The number of aryl methyl sites for hydroxylation is 1. The Morgan fingerprint density at radius 2 is 2.09 bits per heavy atom. The maximum Gasteiger partial charge on any atom is 0.170 e. The Morgan fingerprint density at radius 3 is 2.65 bits per heavy atom. The van der Waals surface area contributed by atoms with Gasteiger partial charge in [-0.05, 0) is 56.2 Å². The Balaban J connectivity index is 2.09. The number of aromatic nitrogens is 2. The first-order valence-corrected chi connectivity index (χ1v) is 8.56. The summed E-state index contributed by atoms with van der Waals surface area (Å²) in [4.78, 5) is 6.88. The van der Waals surface area contributed by atoms with Crippen LogP contribution in [0.25, 0.3) is 0 Å². The fourth-order valence-corrected chi connectivity index (χ4v) is 3.74. The zero-order valence-electron chi connectivity index (χ0n) is 14.2. The van der Waals surface area contributed by atoms with Gasteiger partial charge in [0.1, 0.15) is 0 Å². The molecule has 1 saturated heterocycles. The molecule has 23 heavy (non-hydrogen) atoms. The maximum absolute atomic E-state index is 5.62. The van der Waals surface area contributed by atoms with Gasteiger partial charge in [0.05, 0.1) is 17.8 Å². The quantitative estimate of drug-likeness (QED) is 0.872. The van der Waals surface area contributed by atoms with Gasteiger partial charge in [-0.3, -0.25) is 4.98 Å². The van der Waals surface area contributed by atoms with Crippen LogP contribution in [0.5, 0.6) is 0 Å². The molecule has 2 aromatic rings. The minimum Gasteiger partial charge on any atom is -0.352 e. The SMILES string of the molecule is CCCN1C(=S)N[C@@H](c2ccccn2)[C@@H]1c1cc(C)n(C)c1C. The van der Waals surface area contributed by atoms with Crippen LogP contribution in [-0.4, -0.2) is 26.1 Å². The summed E-state index contributed by atoms with van der Waals surface area (Å²) in [7, 11) is 2.12. The fourth-order valence-electron chi connectivity index (χ4n) is 3.41. The van der Waals surface area contributed by atoms with Crippen molar-refractivity contribution >= 4 is 17.3 Å². The van der Waals surface area contributed by atoms with E-state index in [-0.39, 0.29) is 12.1 Å². The number of thiocarbonyl (C=S) groups is 1.